The lowest BCUT2D eigenvalue weighted by Crippen LogP contribution is -2.39. The summed E-state index contributed by atoms with van der Waals surface area (Å²) in [5.41, 5.74) is 2.37. The summed E-state index contributed by atoms with van der Waals surface area (Å²) in [6, 6.07) is 0. The third kappa shape index (κ3) is 1.56. The normalized spacial score (nSPS) is 56.3. The molecule has 1 heteroatoms. The SMILES string of the molecule is CC1(C)C2CCC1(C)C(SC1CC3CCC1(C)C3(C)C)C2. The van der Waals surface area contributed by atoms with Gasteiger partial charge in [0.25, 0.3) is 0 Å². The molecule has 0 aromatic carbocycles. The molecule has 6 unspecified atom stereocenters. The van der Waals surface area contributed by atoms with Gasteiger partial charge in [-0.15, -0.1) is 0 Å². The fraction of sp³-hybridized carbons (Fsp3) is 1.00. The Morgan fingerprint density at radius 2 is 1.05 bits per heavy atom. The van der Waals surface area contributed by atoms with Gasteiger partial charge in [0.1, 0.15) is 0 Å². The predicted molar refractivity (Wildman–Crippen MR) is 93.6 cm³/mol. The number of hydrogen-bond donors (Lipinski definition) is 0. The maximum Gasteiger partial charge on any atom is 0.0112 e. The van der Waals surface area contributed by atoms with E-state index < -0.39 is 0 Å². The topological polar surface area (TPSA) is 0 Å². The van der Waals surface area contributed by atoms with Crippen molar-refractivity contribution in [2.24, 2.45) is 33.5 Å². The summed E-state index contributed by atoms with van der Waals surface area (Å²) in [5, 5.41) is 1.87. The van der Waals surface area contributed by atoms with Crippen molar-refractivity contribution < 1.29 is 0 Å². The molecule has 0 radical (unpaired) electrons. The fourth-order valence-electron chi connectivity index (χ4n) is 6.87. The van der Waals surface area contributed by atoms with Crippen molar-refractivity contribution >= 4 is 11.8 Å². The summed E-state index contributed by atoms with van der Waals surface area (Å²) >= 11 is 2.44. The molecule has 0 heterocycles. The van der Waals surface area contributed by atoms with Gasteiger partial charge in [-0.05, 0) is 72.0 Å². The Kier molecular flexibility index (Phi) is 2.88. The van der Waals surface area contributed by atoms with Gasteiger partial charge in [0, 0.05) is 10.5 Å². The van der Waals surface area contributed by atoms with Crippen molar-refractivity contribution in [3.8, 4) is 0 Å². The van der Waals surface area contributed by atoms with Gasteiger partial charge in [0.15, 0.2) is 0 Å². The third-order valence-electron chi connectivity index (χ3n) is 9.76. The highest BCUT2D eigenvalue weighted by atomic mass is 32.2. The van der Waals surface area contributed by atoms with Gasteiger partial charge in [-0.2, -0.15) is 11.8 Å². The standard InChI is InChI=1S/C20H34S/c1-17(2)13-7-9-19(17,5)15(11-13)21-16-12-14-8-10-20(16,6)18(14,3)4/h13-16H,7-12H2,1-6H3. The first-order valence-corrected chi connectivity index (χ1v) is 10.2. The zero-order valence-corrected chi connectivity index (χ0v) is 15.8. The minimum atomic E-state index is 0.582. The monoisotopic (exact) mass is 306 g/mol. The Morgan fingerprint density at radius 3 is 1.29 bits per heavy atom. The summed E-state index contributed by atoms with van der Waals surface area (Å²) < 4.78 is 0. The minimum Gasteiger partial charge on any atom is -0.154 e. The van der Waals surface area contributed by atoms with E-state index in [4.69, 9.17) is 0 Å². The average Bonchev–Trinajstić information content (AvgIpc) is 2.90. The van der Waals surface area contributed by atoms with E-state index in [1.54, 1.807) is 0 Å². The molecule has 4 bridgehead atoms. The lowest BCUT2D eigenvalue weighted by atomic mass is 9.70. The summed E-state index contributed by atoms with van der Waals surface area (Å²) in [4.78, 5) is 0. The first kappa shape index (κ1) is 14.9. The van der Waals surface area contributed by atoms with Crippen molar-refractivity contribution in [1.82, 2.24) is 0 Å². The molecule has 0 aromatic rings. The van der Waals surface area contributed by atoms with Crippen LogP contribution in [0.5, 0.6) is 0 Å². The molecule has 120 valence electrons. The molecular weight excluding hydrogens is 272 g/mol. The molecule has 4 rings (SSSR count). The van der Waals surface area contributed by atoms with Gasteiger partial charge in [-0.25, -0.2) is 0 Å². The highest BCUT2D eigenvalue weighted by Gasteiger charge is 2.65. The van der Waals surface area contributed by atoms with E-state index in [0.29, 0.717) is 21.7 Å². The molecule has 0 amide bonds. The Hall–Kier alpha value is 0.350. The van der Waals surface area contributed by atoms with Crippen molar-refractivity contribution in [3.63, 3.8) is 0 Å². The molecule has 4 aliphatic carbocycles. The summed E-state index contributed by atoms with van der Waals surface area (Å²) in [5.74, 6) is 2.00. The first-order valence-electron chi connectivity index (χ1n) is 9.28. The minimum absolute atomic E-state index is 0.582. The maximum atomic E-state index is 2.62. The third-order valence-corrected chi connectivity index (χ3v) is 11.8. The van der Waals surface area contributed by atoms with E-state index >= 15 is 0 Å². The Balaban J connectivity index is 1.57. The predicted octanol–water partition coefficient (Wildman–Crippen LogP) is 6.15. The summed E-state index contributed by atoms with van der Waals surface area (Å²) in [7, 11) is 0. The summed E-state index contributed by atoms with van der Waals surface area (Å²) in [6.07, 6.45) is 8.97. The zero-order valence-electron chi connectivity index (χ0n) is 15.0. The molecule has 0 N–H and O–H groups in total. The lowest BCUT2D eigenvalue weighted by molar-refractivity contribution is 0.150. The van der Waals surface area contributed by atoms with Gasteiger partial charge < -0.3 is 0 Å². The number of hydrogen-bond acceptors (Lipinski definition) is 1. The van der Waals surface area contributed by atoms with Crippen LogP contribution in [0.3, 0.4) is 0 Å². The smallest absolute Gasteiger partial charge is 0.0112 e. The highest BCUT2D eigenvalue weighted by molar-refractivity contribution is 8.00. The molecule has 0 nitrogen and oxygen atoms in total. The van der Waals surface area contributed by atoms with Gasteiger partial charge in [0.2, 0.25) is 0 Å². The van der Waals surface area contributed by atoms with Crippen LogP contribution in [0.15, 0.2) is 0 Å². The second-order valence-corrected chi connectivity index (χ2v) is 11.7. The van der Waals surface area contributed by atoms with E-state index in [-0.39, 0.29) is 0 Å². The lowest BCUT2D eigenvalue weighted by Gasteiger charge is -2.44. The fourth-order valence-corrected chi connectivity index (χ4v) is 9.40. The molecule has 6 atom stereocenters. The van der Waals surface area contributed by atoms with Crippen LogP contribution in [0.25, 0.3) is 0 Å². The molecule has 21 heavy (non-hydrogen) atoms. The molecule has 0 aromatic heterocycles. The molecular formula is C20H34S. The van der Waals surface area contributed by atoms with Crippen molar-refractivity contribution in [2.75, 3.05) is 0 Å². The Labute approximate surface area is 136 Å². The van der Waals surface area contributed by atoms with Gasteiger partial charge >= 0.3 is 0 Å². The largest absolute Gasteiger partial charge is 0.154 e. The molecule has 0 saturated heterocycles. The zero-order chi connectivity index (χ0) is 15.3. The van der Waals surface area contributed by atoms with Crippen LogP contribution >= 0.6 is 11.8 Å². The number of rotatable bonds is 2. The molecule has 4 saturated carbocycles. The van der Waals surface area contributed by atoms with Crippen LogP contribution < -0.4 is 0 Å². The van der Waals surface area contributed by atoms with Crippen molar-refractivity contribution in [3.05, 3.63) is 0 Å². The number of fused-ring (bicyclic) bond motifs is 4. The van der Waals surface area contributed by atoms with E-state index in [0.717, 1.165) is 22.3 Å². The molecule has 4 fully saturated rings. The first-order chi connectivity index (χ1) is 9.63. The van der Waals surface area contributed by atoms with Crippen molar-refractivity contribution in [2.45, 2.75) is 90.6 Å². The Bertz CT molecular complexity index is 422. The number of thioether (sulfide) groups is 1. The van der Waals surface area contributed by atoms with E-state index in [9.17, 15) is 0 Å². The summed E-state index contributed by atoms with van der Waals surface area (Å²) in [6.45, 7) is 15.5. The quantitative estimate of drug-likeness (QED) is 0.589. The second kappa shape index (κ2) is 4.05. The van der Waals surface area contributed by atoms with Crippen LogP contribution in [0.2, 0.25) is 0 Å². The van der Waals surface area contributed by atoms with Crippen LogP contribution in [0.4, 0.5) is 0 Å². The van der Waals surface area contributed by atoms with Crippen LogP contribution in [0, 0.1) is 33.5 Å². The highest BCUT2D eigenvalue weighted by Crippen LogP contribution is 2.73. The average molecular weight is 307 g/mol. The van der Waals surface area contributed by atoms with Crippen LogP contribution in [-0.2, 0) is 0 Å². The molecule has 0 spiro atoms. The van der Waals surface area contributed by atoms with Crippen LogP contribution in [-0.4, -0.2) is 10.5 Å². The van der Waals surface area contributed by atoms with Gasteiger partial charge in [0.05, 0.1) is 0 Å². The van der Waals surface area contributed by atoms with Gasteiger partial charge in [-0.1, -0.05) is 41.5 Å². The van der Waals surface area contributed by atoms with E-state index in [2.05, 4.69) is 53.3 Å². The maximum absolute atomic E-state index is 2.62. The van der Waals surface area contributed by atoms with E-state index in [1.807, 2.05) is 0 Å². The second-order valence-electron chi connectivity index (χ2n) is 10.3. The Morgan fingerprint density at radius 1 is 0.667 bits per heavy atom. The van der Waals surface area contributed by atoms with Crippen molar-refractivity contribution in [1.29, 1.82) is 0 Å². The van der Waals surface area contributed by atoms with Crippen LogP contribution in [0.1, 0.15) is 80.1 Å². The molecule has 4 aliphatic rings. The van der Waals surface area contributed by atoms with Gasteiger partial charge in [-0.3, -0.25) is 0 Å². The van der Waals surface area contributed by atoms with E-state index in [1.165, 1.54) is 38.5 Å². The molecule has 0 aliphatic heterocycles.